The maximum atomic E-state index is 13.2. The minimum atomic E-state index is -0.201. The zero-order valence-corrected chi connectivity index (χ0v) is 13.0. The lowest BCUT2D eigenvalue weighted by molar-refractivity contribution is -0.121. The van der Waals surface area contributed by atoms with Crippen molar-refractivity contribution < 1.29 is 9.18 Å². The lowest BCUT2D eigenvalue weighted by atomic mass is 9.78. The second-order valence-electron chi connectivity index (χ2n) is 6.77. The molecule has 4 heteroatoms. The summed E-state index contributed by atoms with van der Waals surface area (Å²) in [5.74, 6) is -0.0685. The van der Waals surface area contributed by atoms with Gasteiger partial charge in [-0.25, -0.2) is 4.39 Å². The largest absolute Gasteiger partial charge is 0.355 e. The van der Waals surface area contributed by atoms with Gasteiger partial charge in [-0.2, -0.15) is 0 Å². The third-order valence-corrected chi connectivity index (χ3v) is 5.24. The average molecular weight is 304 g/mol. The van der Waals surface area contributed by atoms with Gasteiger partial charge in [-0.1, -0.05) is 25.0 Å². The quantitative estimate of drug-likeness (QED) is 0.878. The molecule has 1 aliphatic heterocycles. The van der Waals surface area contributed by atoms with Gasteiger partial charge < -0.3 is 10.6 Å². The molecular formula is C18H25FN2O. The van der Waals surface area contributed by atoms with Crippen LogP contribution in [-0.2, 0) is 10.2 Å². The molecule has 1 saturated carbocycles. The highest BCUT2D eigenvalue weighted by Crippen LogP contribution is 2.40. The number of hydrogen-bond donors (Lipinski definition) is 2. The Kier molecular flexibility index (Phi) is 4.77. The number of carbonyl (C=O) groups excluding carboxylic acids is 1. The monoisotopic (exact) mass is 304 g/mol. The summed E-state index contributed by atoms with van der Waals surface area (Å²) >= 11 is 0. The fourth-order valence-electron chi connectivity index (χ4n) is 3.92. The van der Waals surface area contributed by atoms with Crippen LogP contribution in [0.1, 0.15) is 50.5 Å². The summed E-state index contributed by atoms with van der Waals surface area (Å²) < 4.78 is 13.2. The Morgan fingerprint density at radius 2 is 1.95 bits per heavy atom. The molecule has 1 unspecified atom stereocenters. The summed E-state index contributed by atoms with van der Waals surface area (Å²) in [7, 11) is 0. The maximum absolute atomic E-state index is 13.2. The van der Waals surface area contributed by atoms with Gasteiger partial charge in [0.25, 0.3) is 0 Å². The smallest absolute Gasteiger partial charge is 0.221 e. The molecule has 2 aliphatic rings. The van der Waals surface area contributed by atoms with Crippen LogP contribution in [0.5, 0.6) is 0 Å². The summed E-state index contributed by atoms with van der Waals surface area (Å²) in [6, 6.07) is 7.15. The van der Waals surface area contributed by atoms with E-state index in [2.05, 4.69) is 10.6 Å². The highest BCUT2D eigenvalue weighted by atomic mass is 19.1. The van der Waals surface area contributed by atoms with E-state index in [0.717, 1.165) is 37.8 Å². The van der Waals surface area contributed by atoms with E-state index >= 15 is 0 Å². The fraction of sp³-hybridized carbons (Fsp3) is 0.611. The highest BCUT2D eigenvalue weighted by molar-refractivity contribution is 5.76. The lowest BCUT2D eigenvalue weighted by Crippen LogP contribution is -2.40. The van der Waals surface area contributed by atoms with Crippen LogP contribution >= 0.6 is 0 Å². The van der Waals surface area contributed by atoms with E-state index in [4.69, 9.17) is 0 Å². The Morgan fingerprint density at radius 3 is 2.59 bits per heavy atom. The SMILES string of the molecule is O=C(CC1CCCN1)NCC1(c2ccc(F)cc2)CCCC1. The Balaban J connectivity index is 1.61. The number of rotatable bonds is 5. The van der Waals surface area contributed by atoms with Crippen LogP contribution in [0.4, 0.5) is 4.39 Å². The van der Waals surface area contributed by atoms with Crippen molar-refractivity contribution >= 4 is 5.91 Å². The van der Waals surface area contributed by atoms with Crippen LogP contribution in [-0.4, -0.2) is 25.0 Å². The van der Waals surface area contributed by atoms with Gasteiger partial charge in [-0.15, -0.1) is 0 Å². The third-order valence-electron chi connectivity index (χ3n) is 5.24. The first kappa shape index (κ1) is 15.5. The van der Waals surface area contributed by atoms with Crippen LogP contribution in [0, 0.1) is 5.82 Å². The van der Waals surface area contributed by atoms with E-state index in [0.29, 0.717) is 19.0 Å². The molecule has 1 aromatic rings. The summed E-state index contributed by atoms with van der Waals surface area (Å²) in [6.07, 6.45) is 7.32. The molecular weight excluding hydrogens is 279 g/mol. The number of nitrogens with one attached hydrogen (secondary N) is 2. The van der Waals surface area contributed by atoms with Gasteiger partial charge in [0, 0.05) is 24.4 Å². The molecule has 1 atom stereocenters. The molecule has 1 saturated heterocycles. The normalized spacial score (nSPS) is 23.6. The highest BCUT2D eigenvalue weighted by Gasteiger charge is 2.36. The van der Waals surface area contributed by atoms with Crippen molar-refractivity contribution in [1.29, 1.82) is 0 Å². The topological polar surface area (TPSA) is 41.1 Å². The molecule has 1 aliphatic carbocycles. The molecule has 120 valence electrons. The zero-order valence-electron chi connectivity index (χ0n) is 13.0. The van der Waals surface area contributed by atoms with Gasteiger partial charge in [0.05, 0.1) is 0 Å². The van der Waals surface area contributed by atoms with Crippen molar-refractivity contribution in [2.75, 3.05) is 13.1 Å². The van der Waals surface area contributed by atoms with E-state index < -0.39 is 0 Å². The molecule has 0 bridgehead atoms. The van der Waals surface area contributed by atoms with E-state index in [9.17, 15) is 9.18 Å². The van der Waals surface area contributed by atoms with Crippen LogP contribution in [0.25, 0.3) is 0 Å². The summed E-state index contributed by atoms with van der Waals surface area (Å²) in [4.78, 5) is 12.2. The summed E-state index contributed by atoms with van der Waals surface area (Å²) in [5.41, 5.74) is 1.15. The second-order valence-corrected chi connectivity index (χ2v) is 6.77. The molecule has 2 N–H and O–H groups in total. The molecule has 1 heterocycles. The number of carbonyl (C=O) groups is 1. The van der Waals surface area contributed by atoms with Crippen molar-refractivity contribution in [1.82, 2.24) is 10.6 Å². The Labute approximate surface area is 131 Å². The Hall–Kier alpha value is -1.42. The van der Waals surface area contributed by atoms with Gasteiger partial charge in [0.15, 0.2) is 0 Å². The molecule has 0 spiro atoms. The van der Waals surface area contributed by atoms with E-state index in [1.54, 1.807) is 0 Å². The van der Waals surface area contributed by atoms with Crippen LogP contribution < -0.4 is 10.6 Å². The zero-order chi connectivity index (χ0) is 15.4. The summed E-state index contributed by atoms with van der Waals surface area (Å²) in [5, 5.41) is 6.49. The second kappa shape index (κ2) is 6.78. The maximum Gasteiger partial charge on any atom is 0.221 e. The molecule has 22 heavy (non-hydrogen) atoms. The van der Waals surface area contributed by atoms with Crippen LogP contribution in [0.2, 0.25) is 0 Å². The first-order chi connectivity index (χ1) is 10.7. The molecule has 0 radical (unpaired) electrons. The minimum Gasteiger partial charge on any atom is -0.355 e. The molecule has 0 aromatic heterocycles. The minimum absolute atomic E-state index is 0.00748. The summed E-state index contributed by atoms with van der Waals surface area (Å²) in [6.45, 7) is 1.70. The average Bonchev–Trinajstić information content (AvgIpc) is 3.18. The molecule has 3 nitrogen and oxygen atoms in total. The Bertz CT molecular complexity index is 502. The molecule has 1 amide bonds. The van der Waals surface area contributed by atoms with Crippen molar-refractivity contribution in [3.63, 3.8) is 0 Å². The fourth-order valence-corrected chi connectivity index (χ4v) is 3.92. The van der Waals surface area contributed by atoms with Crippen molar-refractivity contribution in [3.05, 3.63) is 35.6 Å². The van der Waals surface area contributed by atoms with E-state index in [1.807, 2.05) is 12.1 Å². The van der Waals surface area contributed by atoms with Crippen molar-refractivity contribution in [2.45, 2.75) is 56.4 Å². The predicted octanol–water partition coefficient (Wildman–Crippen LogP) is 2.90. The van der Waals surface area contributed by atoms with Gasteiger partial charge in [-0.05, 0) is 49.9 Å². The lowest BCUT2D eigenvalue weighted by Gasteiger charge is -2.30. The first-order valence-electron chi connectivity index (χ1n) is 8.44. The predicted molar refractivity (Wildman–Crippen MR) is 85.2 cm³/mol. The van der Waals surface area contributed by atoms with Gasteiger partial charge in [0.2, 0.25) is 5.91 Å². The Morgan fingerprint density at radius 1 is 1.23 bits per heavy atom. The van der Waals surface area contributed by atoms with Crippen molar-refractivity contribution in [2.24, 2.45) is 0 Å². The molecule has 1 aromatic carbocycles. The van der Waals surface area contributed by atoms with Crippen LogP contribution in [0.15, 0.2) is 24.3 Å². The van der Waals surface area contributed by atoms with Crippen LogP contribution in [0.3, 0.4) is 0 Å². The first-order valence-corrected chi connectivity index (χ1v) is 8.44. The number of benzene rings is 1. The molecule has 3 rings (SSSR count). The number of amides is 1. The van der Waals surface area contributed by atoms with Gasteiger partial charge >= 0.3 is 0 Å². The molecule has 2 fully saturated rings. The standard InChI is InChI=1S/C18H25FN2O/c19-15-7-5-14(6-8-15)18(9-1-2-10-18)13-21-17(22)12-16-4-3-11-20-16/h5-8,16,20H,1-4,9-13H2,(H,21,22). The van der Waals surface area contributed by atoms with Gasteiger partial charge in [0.1, 0.15) is 5.82 Å². The third kappa shape index (κ3) is 3.49. The van der Waals surface area contributed by atoms with E-state index in [-0.39, 0.29) is 17.1 Å². The number of halogens is 1. The van der Waals surface area contributed by atoms with Crippen molar-refractivity contribution in [3.8, 4) is 0 Å². The van der Waals surface area contributed by atoms with E-state index in [1.165, 1.54) is 25.0 Å². The number of hydrogen-bond acceptors (Lipinski definition) is 2. The van der Waals surface area contributed by atoms with Gasteiger partial charge in [-0.3, -0.25) is 4.79 Å².